The van der Waals surface area contributed by atoms with Gasteiger partial charge >= 0.3 is 11.7 Å². The van der Waals surface area contributed by atoms with Crippen LogP contribution in [0.3, 0.4) is 0 Å². The van der Waals surface area contributed by atoms with Crippen molar-refractivity contribution in [1.29, 1.82) is 0 Å². The molecule has 5 aromatic rings. The predicted octanol–water partition coefficient (Wildman–Crippen LogP) is 2.20. The first-order chi connectivity index (χ1) is 20.3. The highest BCUT2D eigenvalue weighted by Crippen LogP contribution is 2.25. The number of carbonyl (C=O) groups is 1. The Balaban J connectivity index is 1.31. The van der Waals surface area contributed by atoms with E-state index in [-0.39, 0.29) is 11.7 Å². The zero-order valence-corrected chi connectivity index (χ0v) is 23.1. The van der Waals surface area contributed by atoms with Gasteiger partial charge in [-0.15, -0.1) is 0 Å². The number of pyridine rings is 4. The van der Waals surface area contributed by atoms with Crippen molar-refractivity contribution in [2.45, 2.75) is 0 Å². The first-order valence-electron chi connectivity index (χ1n) is 12.8. The SMILES string of the molecule is CN1N=C(c2cccc(-c3cccc(-c4cccc(-c5cccc(-c6nn(C)c(=O)[n+](C)n6)n5)n4)n3)n2)[N-]N(C)C1=O. The summed E-state index contributed by atoms with van der Waals surface area (Å²) in [6.45, 7) is 0. The molecule has 0 spiro atoms. The lowest BCUT2D eigenvalue weighted by atomic mass is 10.1. The van der Waals surface area contributed by atoms with Gasteiger partial charge in [-0.2, -0.15) is 4.79 Å². The van der Waals surface area contributed by atoms with Gasteiger partial charge in [0.05, 0.1) is 39.9 Å². The van der Waals surface area contributed by atoms with Gasteiger partial charge in [0.1, 0.15) is 19.8 Å². The summed E-state index contributed by atoms with van der Waals surface area (Å²) in [5.41, 5.74) is 8.71. The predicted molar refractivity (Wildman–Crippen MR) is 152 cm³/mol. The number of hydrogen-bond donors (Lipinski definition) is 0. The molecule has 0 N–H and O–H groups in total. The quantitative estimate of drug-likeness (QED) is 0.297. The molecule has 0 aliphatic carbocycles. The summed E-state index contributed by atoms with van der Waals surface area (Å²) in [4.78, 5) is 43.0. The molecule has 42 heavy (non-hydrogen) atoms. The molecule has 2 amide bonds. The molecule has 6 heterocycles. The van der Waals surface area contributed by atoms with Gasteiger partial charge in [0.15, 0.2) is 0 Å². The maximum Gasteiger partial charge on any atom is 0.539 e. The van der Waals surface area contributed by atoms with Crippen molar-refractivity contribution in [3.05, 3.63) is 94.4 Å². The first-order valence-corrected chi connectivity index (χ1v) is 12.8. The van der Waals surface area contributed by atoms with E-state index in [0.29, 0.717) is 57.2 Å². The number of hydrogen-bond acceptors (Lipinski definition) is 9. The molecule has 208 valence electrons. The molecule has 0 aromatic carbocycles. The second-order valence-corrected chi connectivity index (χ2v) is 9.34. The van der Waals surface area contributed by atoms with Crippen LogP contribution >= 0.6 is 0 Å². The Morgan fingerprint density at radius 1 is 0.643 bits per heavy atom. The molecule has 1 aliphatic rings. The van der Waals surface area contributed by atoms with Crippen molar-refractivity contribution in [2.75, 3.05) is 14.1 Å². The Hall–Kier alpha value is -5.92. The maximum atomic E-state index is 12.0. The number of hydrazone groups is 1. The van der Waals surface area contributed by atoms with E-state index >= 15 is 0 Å². The van der Waals surface area contributed by atoms with Crippen molar-refractivity contribution in [3.8, 4) is 45.7 Å². The lowest BCUT2D eigenvalue weighted by Gasteiger charge is -2.38. The van der Waals surface area contributed by atoms with E-state index in [2.05, 4.69) is 20.7 Å². The minimum Gasteiger partial charge on any atom is -0.367 e. The van der Waals surface area contributed by atoms with Crippen molar-refractivity contribution >= 4 is 11.9 Å². The minimum absolute atomic E-state index is 0.318. The summed E-state index contributed by atoms with van der Waals surface area (Å²) in [6, 6.07) is 21.8. The number of amides is 2. The third-order valence-corrected chi connectivity index (χ3v) is 6.33. The van der Waals surface area contributed by atoms with E-state index in [9.17, 15) is 9.59 Å². The summed E-state index contributed by atoms with van der Waals surface area (Å²) in [6.07, 6.45) is 0. The topological polar surface area (TPSA) is 153 Å². The molecule has 0 fully saturated rings. The second-order valence-electron chi connectivity index (χ2n) is 9.34. The Bertz CT molecular complexity index is 1910. The zero-order chi connectivity index (χ0) is 29.4. The summed E-state index contributed by atoms with van der Waals surface area (Å²) in [7, 11) is 6.25. The lowest BCUT2D eigenvalue weighted by molar-refractivity contribution is -0.749. The fraction of sp³-hybridized carbons (Fsp3) is 0.143. The first kappa shape index (κ1) is 26.3. The average molecular weight is 561 g/mol. The number of carbonyl (C=O) groups excluding carboxylic acids is 1. The van der Waals surface area contributed by atoms with Gasteiger partial charge in [-0.05, 0) is 54.4 Å². The van der Waals surface area contributed by atoms with Crippen LogP contribution in [0.5, 0.6) is 0 Å². The Kier molecular flexibility index (Phi) is 6.62. The van der Waals surface area contributed by atoms with Gasteiger partial charge < -0.3 is 20.5 Å². The van der Waals surface area contributed by atoms with E-state index in [1.165, 1.54) is 19.4 Å². The molecule has 0 unspecified atom stereocenters. The van der Waals surface area contributed by atoms with Crippen LogP contribution in [0.1, 0.15) is 5.69 Å². The maximum absolute atomic E-state index is 12.0. The average Bonchev–Trinajstić information content (AvgIpc) is 3.02. The van der Waals surface area contributed by atoms with E-state index in [1.807, 2.05) is 60.7 Å². The Labute approximate surface area is 239 Å². The minimum atomic E-state index is -0.338. The van der Waals surface area contributed by atoms with Crippen LogP contribution in [-0.2, 0) is 14.1 Å². The highest BCUT2D eigenvalue weighted by Gasteiger charge is 2.17. The molecule has 0 bridgehead atoms. The third kappa shape index (κ3) is 5.03. The number of nitrogens with zero attached hydrogens (tertiary/aromatic N) is 12. The van der Waals surface area contributed by atoms with Crippen LogP contribution in [0.4, 0.5) is 4.79 Å². The largest absolute Gasteiger partial charge is 0.539 e. The van der Waals surface area contributed by atoms with Gasteiger partial charge in [-0.3, -0.25) is 0 Å². The van der Waals surface area contributed by atoms with Crippen LogP contribution in [-0.4, -0.2) is 70.8 Å². The fourth-order valence-corrected chi connectivity index (χ4v) is 4.25. The Morgan fingerprint density at radius 2 is 1.07 bits per heavy atom. The molecular formula is C28H24N12O2. The standard InChI is InChI=1S/C28H24N12O2/c1-37-27(41)38(2)34-25(33-37)23-15-7-13-21(31-23)19-11-5-9-17(29-19)18-10-6-12-20(30-18)22-14-8-16-24(32-22)26-35-39(3)28(42)40(4)36-26/h5-16H,1-4H3. The van der Waals surface area contributed by atoms with Crippen LogP contribution in [0.25, 0.3) is 51.1 Å². The van der Waals surface area contributed by atoms with Gasteiger partial charge in [0, 0.05) is 14.1 Å². The molecule has 14 nitrogen and oxygen atoms in total. The summed E-state index contributed by atoms with van der Waals surface area (Å²) in [5.74, 6) is 0.636. The van der Waals surface area contributed by atoms with Gasteiger partial charge in [0.2, 0.25) is 0 Å². The molecule has 0 radical (unpaired) electrons. The van der Waals surface area contributed by atoms with Gasteiger partial charge in [-0.25, -0.2) is 24.7 Å². The van der Waals surface area contributed by atoms with Crippen molar-refractivity contribution in [3.63, 3.8) is 0 Å². The van der Waals surface area contributed by atoms with Crippen LogP contribution < -0.4 is 10.4 Å². The second kappa shape index (κ2) is 10.6. The summed E-state index contributed by atoms with van der Waals surface area (Å²) >= 11 is 0. The number of aromatic nitrogens is 8. The van der Waals surface area contributed by atoms with Crippen molar-refractivity contribution in [1.82, 2.24) is 44.8 Å². The van der Waals surface area contributed by atoms with Crippen molar-refractivity contribution in [2.24, 2.45) is 19.2 Å². The molecule has 14 heteroatoms. The number of urea groups is 1. The highest BCUT2D eigenvalue weighted by molar-refractivity contribution is 6.09. The molecule has 6 rings (SSSR count). The van der Waals surface area contributed by atoms with E-state index in [0.717, 1.165) is 0 Å². The highest BCUT2D eigenvalue weighted by atomic mass is 16.2. The number of rotatable bonds is 5. The fourth-order valence-electron chi connectivity index (χ4n) is 4.25. The van der Waals surface area contributed by atoms with Crippen molar-refractivity contribution < 1.29 is 9.48 Å². The van der Waals surface area contributed by atoms with Crippen LogP contribution in [0.15, 0.2) is 82.7 Å². The monoisotopic (exact) mass is 560 g/mol. The molecular weight excluding hydrogens is 536 g/mol. The molecule has 0 saturated heterocycles. The molecule has 0 atom stereocenters. The van der Waals surface area contributed by atoms with Crippen LogP contribution in [0.2, 0.25) is 0 Å². The number of amidine groups is 1. The number of aryl methyl sites for hydroxylation is 2. The Morgan fingerprint density at radius 3 is 1.55 bits per heavy atom. The summed E-state index contributed by atoms with van der Waals surface area (Å²) in [5, 5.41) is 15.1. The normalized spacial score (nSPS) is 13.1. The molecule has 0 saturated carbocycles. The van der Waals surface area contributed by atoms with E-state index in [4.69, 9.17) is 19.9 Å². The molecule has 5 aromatic heterocycles. The van der Waals surface area contributed by atoms with E-state index in [1.54, 1.807) is 40.3 Å². The zero-order valence-electron chi connectivity index (χ0n) is 23.1. The van der Waals surface area contributed by atoms with Crippen LogP contribution in [0, 0.1) is 0 Å². The lowest BCUT2D eigenvalue weighted by Crippen LogP contribution is -2.55. The van der Waals surface area contributed by atoms with E-state index < -0.39 is 0 Å². The smallest absolute Gasteiger partial charge is 0.367 e. The van der Waals surface area contributed by atoms with Gasteiger partial charge in [-0.1, -0.05) is 43.8 Å². The van der Waals surface area contributed by atoms with Gasteiger partial charge in [0.25, 0.3) is 5.82 Å². The third-order valence-electron chi connectivity index (χ3n) is 6.33. The summed E-state index contributed by atoms with van der Waals surface area (Å²) < 4.78 is 2.43. The molecule has 1 aliphatic heterocycles.